The Morgan fingerprint density at radius 2 is 1.94 bits per heavy atom. The number of nitrogens with zero attached hydrogens (tertiary/aromatic N) is 7. The summed E-state index contributed by atoms with van der Waals surface area (Å²) in [7, 11) is 0. The van der Waals surface area contributed by atoms with Crippen molar-refractivity contribution in [2.45, 2.75) is 18.3 Å². The number of rotatable bonds is 4. The second kappa shape index (κ2) is 8.20. The number of carbonyl (C=O) groups is 1. The minimum Gasteiger partial charge on any atom is -0.465 e. The molecule has 4 heterocycles. The van der Waals surface area contributed by atoms with Crippen molar-refractivity contribution in [2.75, 3.05) is 18.4 Å². The third-order valence-electron chi connectivity index (χ3n) is 5.98. The average Bonchev–Trinajstić information content (AvgIpc) is 3.23. The van der Waals surface area contributed by atoms with E-state index in [0.29, 0.717) is 43.3 Å². The Kier molecular flexibility index (Phi) is 5.06. The molecule has 1 aliphatic heterocycles. The van der Waals surface area contributed by atoms with E-state index in [2.05, 4.69) is 26.3 Å². The minimum absolute atomic E-state index is 0.297. The molecule has 1 saturated heterocycles. The molecular formula is C23H20N8O2. The predicted molar refractivity (Wildman–Crippen MR) is 120 cm³/mol. The van der Waals surface area contributed by atoms with Crippen LogP contribution in [-0.4, -0.2) is 53.9 Å². The first-order valence-electron chi connectivity index (χ1n) is 10.5. The zero-order valence-electron chi connectivity index (χ0n) is 17.6. The molecule has 10 nitrogen and oxygen atoms in total. The molecule has 0 radical (unpaired) electrons. The molecule has 33 heavy (non-hydrogen) atoms. The van der Waals surface area contributed by atoms with Gasteiger partial charge in [-0.25, -0.2) is 14.5 Å². The Bertz CT molecular complexity index is 1350. The Labute approximate surface area is 189 Å². The number of piperidine rings is 1. The van der Waals surface area contributed by atoms with E-state index in [1.165, 1.54) is 4.90 Å². The first-order valence-corrected chi connectivity index (χ1v) is 10.5. The van der Waals surface area contributed by atoms with Gasteiger partial charge in [0.05, 0.1) is 29.2 Å². The minimum atomic E-state index is -0.964. The highest BCUT2D eigenvalue weighted by Crippen LogP contribution is 2.35. The fraction of sp³-hybridized carbons (Fsp3) is 0.217. The van der Waals surface area contributed by atoms with E-state index in [1.54, 1.807) is 29.5 Å². The van der Waals surface area contributed by atoms with Crippen LogP contribution in [0.5, 0.6) is 0 Å². The smallest absolute Gasteiger partial charge is 0.407 e. The lowest BCUT2D eigenvalue weighted by Crippen LogP contribution is -2.44. The molecule has 10 heteroatoms. The van der Waals surface area contributed by atoms with Crippen molar-refractivity contribution in [1.82, 2.24) is 29.6 Å². The predicted octanol–water partition coefficient (Wildman–Crippen LogP) is 3.49. The number of hydrogen-bond donors (Lipinski definition) is 2. The number of benzene rings is 1. The van der Waals surface area contributed by atoms with Gasteiger partial charge in [-0.2, -0.15) is 5.26 Å². The summed E-state index contributed by atoms with van der Waals surface area (Å²) in [5, 5.41) is 28.2. The van der Waals surface area contributed by atoms with Crippen molar-refractivity contribution in [3.63, 3.8) is 0 Å². The van der Waals surface area contributed by atoms with Gasteiger partial charge < -0.3 is 15.3 Å². The first-order chi connectivity index (χ1) is 16.1. The van der Waals surface area contributed by atoms with Crippen LogP contribution in [0.25, 0.3) is 16.6 Å². The number of pyridine rings is 1. The topological polar surface area (TPSA) is 133 Å². The molecular weight excluding hydrogens is 420 g/mol. The zero-order chi connectivity index (χ0) is 22.8. The summed E-state index contributed by atoms with van der Waals surface area (Å²) in [6, 6.07) is 13.9. The maximum atomic E-state index is 11.3. The van der Waals surface area contributed by atoms with Gasteiger partial charge in [0.15, 0.2) is 5.82 Å². The van der Waals surface area contributed by atoms with Gasteiger partial charge in [-0.1, -0.05) is 12.1 Å². The van der Waals surface area contributed by atoms with Crippen molar-refractivity contribution < 1.29 is 9.90 Å². The fourth-order valence-corrected chi connectivity index (χ4v) is 4.16. The average molecular weight is 440 g/mol. The molecule has 1 fully saturated rings. The fourth-order valence-electron chi connectivity index (χ4n) is 4.16. The molecule has 0 aliphatic carbocycles. The van der Waals surface area contributed by atoms with E-state index in [9.17, 15) is 15.2 Å². The van der Waals surface area contributed by atoms with Gasteiger partial charge >= 0.3 is 6.09 Å². The van der Waals surface area contributed by atoms with E-state index in [4.69, 9.17) is 5.10 Å². The van der Waals surface area contributed by atoms with Gasteiger partial charge in [-0.05, 0) is 37.1 Å². The summed E-state index contributed by atoms with van der Waals surface area (Å²) in [4.78, 5) is 25.5. The van der Waals surface area contributed by atoms with Crippen molar-refractivity contribution in [2.24, 2.45) is 0 Å². The summed E-state index contributed by atoms with van der Waals surface area (Å²) < 4.78 is 1.80. The number of nitrogens with one attached hydrogen (secondary N) is 1. The lowest BCUT2D eigenvalue weighted by molar-refractivity contribution is 0.124. The van der Waals surface area contributed by atoms with Gasteiger partial charge in [0.1, 0.15) is 11.2 Å². The molecule has 1 aromatic carbocycles. The molecule has 2 N–H and O–H groups in total. The van der Waals surface area contributed by atoms with Gasteiger partial charge in [-0.3, -0.25) is 9.97 Å². The van der Waals surface area contributed by atoms with E-state index >= 15 is 0 Å². The number of hydrogen-bond acceptors (Lipinski definition) is 7. The summed E-state index contributed by atoms with van der Waals surface area (Å²) in [5.74, 6) is 1.21. The molecule has 164 valence electrons. The molecule has 0 unspecified atom stereocenters. The largest absolute Gasteiger partial charge is 0.465 e. The zero-order valence-corrected chi connectivity index (χ0v) is 17.6. The summed E-state index contributed by atoms with van der Waals surface area (Å²) >= 11 is 0. The number of likely N-dealkylation sites (tertiary alicyclic amines) is 1. The van der Waals surface area contributed by atoms with Crippen LogP contribution >= 0.6 is 0 Å². The van der Waals surface area contributed by atoms with Crippen LogP contribution in [-0.2, 0) is 5.41 Å². The molecule has 0 saturated carbocycles. The molecule has 0 atom stereocenters. The van der Waals surface area contributed by atoms with Gasteiger partial charge in [0.2, 0.25) is 0 Å². The number of amides is 1. The highest BCUT2D eigenvalue weighted by Gasteiger charge is 2.39. The number of carboxylic acid groups (broad SMARTS) is 1. The normalized spacial score (nSPS) is 15.2. The second-order valence-electron chi connectivity index (χ2n) is 7.86. The Morgan fingerprint density at radius 1 is 1.12 bits per heavy atom. The lowest BCUT2D eigenvalue weighted by atomic mass is 9.76. The van der Waals surface area contributed by atoms with Crippen LogP contribution in [0.2, 0.25) is 0 Å². The van der Waals surface area contributed by atoms with Gasteiger partial charge in [0, 0.05) is 37.1 Å². The highest BCUT2D eigenvalue weighted by atomic mass is 16.4. The highest BCUT2D eigenvalue weighted by molar-refractivity contribution is 5.92. The van der Waals surface area contributed by atoms with Crippen LogP contribution in [0.3, 0.4) is 0 Å². The molecule has 3 aromatic heterocycles. The van der Waals surface area contributed by atoms with Crippen molar-refractivity contribution in [3.05, 3.63) is 66.9 Å². The van der Waals surface area contributed by atoms with E-state index < -0.39 is 11.5 Å². The Balaban J connectivity index is 1.53. The molecule has 5 rings (SSSR count). The van der Waals surface area contributed by atoms with Crippen LogP contribution in [0, 0.1) is 11.3 Å². The summed E-state index contributed by atoms with van der Waals surface area (Å²) in [6.07, 6.45) is 6.32. The van der Waals surface area contributed by atoms with Crippen LogP contribution in [0.1, 0.15) is 18.5 Å². The standard InChI is InChI=1S/C23H20N8O2/c24-15-23(6-11-30(12-7-23)22(32)33)19-13-16(5-8-26-19)31-18-4-2-1-3-17(18)21(29-31)28-20-14-25-9-10-27-20/h1-5,8-10,13-14H,6-7,11-12H2,(H,32,33)(H,27,28,29). The van der Waals surface area contributed by atoms with Crippen LogP contribution in [0.15, 0.2) is 61.2 Å². The van der Waals surface area contributed by atoms with E-state index in [-0.39, 0.29) is 0 Å². The third kappa shape index (κ3) is 3.70. The summed E-state index contributed by atoms with van der Waals surface area (Å²) in [6.45, 7) is 0.595. The molecule has 4 aromatic rings. The molecule has 1 aliphatic rings. The molecule has 0 bridgehead atoms. The molecule has 0 spiro atoms. The summed E-state index contributed by atoms with van der Waals surface area (Å²) in [5.41, 5.74) is 1.42. The maximum absolute atomic E-state index is 11.3. The lowest BCUT2D eigenvalue weighted by Gasteiger charge is -2.35. The monoisotopic (exact) mass is 440 g/mol. The van der Waals surface area contributed by atoms with Gasteiger partial charge in [-0.15, -0.1) is 5.10 Å². The van der Waals surface area contributed by atoms with E-state index in [1.807, 2.05) is 36.4 Å². The van der Waals surface area contributed by atoms with Crippen molar-refractivity contribution >= 4 is 28.6 Å². The third-order valence-corrected chi connectivity index (χ3v) is 5.98. The van der Waals surface area contributed by atoms with Crippen molar-refractivity contribution in [3.8, 4) is 11.8 Å². The number of anilines is 2. The Hall–Kier alpha value is -4.52. The van der Waals surface area contributed by atoms with Crippen molar-refractivity contribution in [1.29, 1.82) is 5.26 Å². The van der Waals surface area contributed by atoms with Crippen LogP contribution in [0.4, 0.5) is 16.4 Å². The quantitative estimate of drug-likeness (QED) is 0.493. The van der Waals surface area contributed by atoms with Crippen LogP contribution < -0.4 is 5.32 Å². The number of aromatic nitrogens is 5. The second-order valence-corrected chi connectivity index (χ2v) is 7.86. The van der Waals surface area contributed by atoms with Gasteiger partial charge in [0.25, 0.3) is 0 Å². The maximum Gasteiger partial charge on any atom is 0.407 e. The SMILES string of the molecule is N#CC1(c2cc(-n3nc(Nc4cnccn4)c4ccccc43)ccn2)CCN(C(=O)O)CC1. The first kappa shape index (κ1) is 20.4. The number of fused-ring (bicyclic) bond motifs is 1. The molecule has 1 amide bonds. The number of nitriles is 1. The van der Waals surface area contributed by atoms with E-state index in [0.717, 1.165) is 16.6 Å². The number of para-hydroxylation sites is 1. The Morgan fingerprint density at radius 3 is 2.67 bits per heavy atom.